The maximum atomic E-state index is 4.30. The summed E-state index contributed by atoms with van der Waals surface area (Å²) in [5, 5.41) is 3.98. The van der Waals surface area contributed by atoms with Crippen LogP contribution < -0.4 is 5.32 Å². The third-order valence-corrected chi connectivity index (χ3v) is 2.43. The Kier molecular flexibility index (Phi) is 2.13. The van der Waals surface area contributed by atoms with Crippen molar-refractivity contribution in [3.05, 3.63) is 5.01 Å². The first-order valence-corrected chi connectivity index (χ1v) is 4.33. The molecule has 0 radical (unpaired) electrons. The number of hydrogen-bond donors (Lipinski definition) is 1. The summed E-state index contributed by atoms with van der Waals surface area (Å²) < 4.78 is 4.12. The van der Waals surface area contributed by atoms with Crippen LogP contribution in [0.2, 0.25) is 0 Å². The van der Waals surface area contributed by atoms with Crippen LogP contribution in [0, 0.1) is 0 Å². The lowest BCUT2D eigenvalue weighted by Crippen LogP contribution is -2.10. The number of rotatable bonds is 1. The van der Waals surface area contributed by atoms with Crippen LogP contribution in [0.15, 0.2) is 0 Å². The van der Waals surface area contributed by atoms with Gasteiger partial charge in [0.15, 0.2) is 0 Å². The Morgan fingerprint density at radius 2 is 2.00 bits per heavy atom. The Morgan fingerprint density at radius 3 is 2.27 bits per heavy atom. The Labute approximate surface area is 71.0 Å². The van der Waals surface area contributed by atoms with Crippen molar-refractivity contribution in [3.8, 4) is 0 Å². The number of hydrogen-bond acceptors (Lipinski definition) is 4. The third-order valence-electron chi connectivity index (χ3n) is 1.29. The van der Waals surface area contributed by atoms with Crippen LogP contribution in [0.3, 0.4) is 0 Å². The molecule has 0 amide bonds. The van der Waals surface area contributed by atoms with Gasteiger partial charge in [-0.05, 0) is 11.5 Å². The van der Waals surface area contributed by atoms with Gasteiger partial charge in [0, 0.05) is 12.5 Å². The van der Waals surface area contributed by atoms with Crippen molar-refractivity contribution in [2.24, 2.45) is 0 Å². The largest absolute Gasteiger partial charge is 0.357 e. The van der Waals surface area contributed by atoms with Gasteiger partial charge in [0.05, 0.1) is 0 Å². The third kappa shape index (κ3) is 1.89. The topological polar surface area (TPSA) is 37.8 Å². The van der Waals surface area contributed by atoms with Gasteiger partial charge in [0.25, 0.3) is 0 Å². The smallest absolute Gasteiger partial charge is 0.234 e. The van der Waals surface area contributed by atoms with E-state index in [2.05, 4.69) is 35.4 Å². The van der Waals surface area contributed by atoms with E-state index in [1.807, 2.05) is 7.05 Å². The van der Waals surface area contributed by atoms with Gasteiger partial charge < -0.3 is 5.32 Å². The molecule has 1 heterocycles. The van der Waals surface area contributed by atoms with Crippen LogP contribution in [0.4, 0.5) is 5.95 Å². The van der Waals surface area contributed by atoms with Gasteiger partial charge in [0.2, 0.25) is 5.95 Å². The number of anilines is 1. The second-order valence-corrected chi connectivity index (χ2v) is 4.17. The first-order valence-electron chi connectivity index (χ1n) is 3.56. The monoisotopic (exact) mass is 171 g/mol. The highest BCUT2D eigenvalue weighted by atomic mass is 32.1. The van der Waals surface area contributed by atoms with E-state index in [4.69, 9.17) is 0 Å². The average molecular weight is 171 g/mol. The lowest BCUT2D eigenvalue weighted by atomic mass is 9.98. The van der Waals surface area contributed by atoms with Gasteiger partial charge in [0.1, 0.15) is 5.01 Å². The second kappa shape index (κ2) is 2.77. The second-order valence-electron chi connectivity index (χ2n) is 3.42. The highest BCUT2D eigenvalue weighted by Crippen LogP contribution is 2.24. The van der Waals surface area contributed by atoms with Crippen LogP contribution in [-0.4, -0.2) is 16.4 Å². The summed E-state index contributed by atoms with van der Waals surface area (Å²) >= 11 is 1.46. The summed E-state index contributed by atoms with van der Waals surface area (Å²) in [5.74, 6) is 0.722. The molecule has 0 saturated heterocycles. The molecule has 1 aromatic rings. The van der Waals surface area contributed by atoms with Gasteiger partial charge in [-0.15, -0.1) is 0 Å². The zero-order valence-corrected chi connectivity index (χ0v) is 8.12. The number of nitrogens with zero attached hydrogens (tertiary/aromatic N) is 2. The average Bonchev–Trinajstić information content (AvgIpc) is 2.32. The van der Waals surface area contributed by atoms with Gasteiger partial charge in [-0.1, -0.05) is 20.8 Å². The normalized spacial score (nSPS) is 11.6. The molecule has 11 heavy (non-hydrogen) atoms. The molecule has 0 aromatic carbocycles. The van der Waals surface area contributed by atoms with Crippen LogP contribution in [0.25, 0.3) is 0 Å². The predicted octanol–water partition coefficient (Wildman–Crippen LogP) is 1.88. The molecule has 1 rings (SSSR count). The number of aromatic nitrogens is 2. The molecule has 1 aromatic heterocycles. The van der Waals surface area contributed by atoms with Crippen LogP contribution >= 0.6 is 11.5 Å². The van der Waals surface area contributed by atoms with E-state index in [1.165, 1.54) is 11.5 Å². The molecule has 0 fully saturated rings. The van der Waals surface area contributed by atoms with Crippen molar-refractivity contribution >= 4 is 17.5 Å². The van der Waals surface area contributed by atoms with Crippen molar-refractivity contribution in [1.29, 1.82) is 0 Å². The minimum absolute atomic E-state index is 0.118. The van der Waals surface area contributed by atoms with E-state index < -0.39 is 0 Å². The van der Waals surface area contributed by atoms with E-state index in [9.17, 15) is 0 Å². The van der Waals surface area contributed by atoms with E-state index in [-0.39, 0.29) is 5.41 Å². The van der Waals surface area contributed by atoms with Crippen molar-refractivity contribution < 1.29 is 0 Å². The fourth-order valence-electron chi connectivity index (χ4n) is 0.630. The SMILES string of the molecule is CNc1nsc(C(C)(C)C)n1. The molecule has 1 N–H and O–H groups in total. The molecule has 4 heteroatoms. The summed E-state index contributed by atoms with van der Waals surface area (Å²) in [6, 6.07) is 0. The molecule has 3 nitrogen and oxygen atoms in total. The number of nitrogens with one attached hydrogen (secondary N) is 1. The summed E-state index contributed by atoms with van der Waals surface area (Å²) in [6.07, 6.45) is 0. The summed E-state index contributed by atoms with van der Waals surface area (Å²) in [7, 11) is 1.83. The lowest BCUT2D eigenvalue weighted by Gasteiger charge is -2.12. The van der Waals surface area contributed by atoms with E-state index >= 15 is 0 Å². The molecule has 0 bridgehead atoms. The van der Waals surface area contributed by atoms with Crippen molar-refractivity contribution in [2.45, 2.75) is 26.2 Å². The molecular weight excluding hydrogens is 158 g/mol. The molecule has 0 spiro atoms. The van der Waals surface area contributed by atoms with Gasteiger partial charge >= 0.3 is 0 Å². The maximum Gasteiger partial charge on any atom is 0.234 e. The molecule has 0 atom stereocenters. The Balaban J connectivity index is 2.89. The standard InChI is InChI=1S/C7H13N3S/c1-7(2,3)5-9-6(8-4)10-11-5/h1-4H3,(H,8,10). The Bertz CT molecular complexity index is 236. The molecule has 0 saturated carbocycles. The molecular formula is C7H13N3S. The Morgan fingerprint density at radius 1 is 1.36 bits per heavy atom. The van der Waals surface area contributed by atoms with Gasteiger partial charge in [-0.25, -0.2) is 4.98 Å². The van der Waals surface area contributed by atoms with Crippen LogP contribution in [-0.2, 0) is 5.41 Å². The quantitative estimate of drug-likeness (QED) is 0.701. The van der Waals surface area contributed by atoms with E-state index in [0.717, 1.165) is 11.0 Å². The molecule has 0 aliphatic heterocycles. The minimum Gasteiger partial charge on any atom is -0.357 e. The molecule has 62 valence electrons. The first-order chi connectivity index (χ1) is 5.04. The highest BCUT2D eigenvalue weighted by molar-refractivity contribution is 7.05. The highest BCUT2D eigenvalue weighted by Gasteiger charge is 2.18. The van der Waals surface area contributed by atoms with Crippen molar-refractivity contribution in [3.63, 3.8) is 0 Å². The van der Waals surface area contributed by atoms with E-state index in [0.29, 0.717) is 0 Å². The van der Waals surface area contributed by atoms with Crippen LogP contribution in [0.5, 0.6) is 0 Å². The van der Waals surface area contributed by atoms with E-state index in [1.54, 1.807) is 0 Å². The molecule has 0 unspecified atom stereocenters. The molecule has 0 aliphatic carbocycles. The maximum absolute atomic E-state index is 4.30. The summed E-state index contributed by atoms with van der Waals surface area (Å²) in [6.45, 7) is 6.40. The summed E-state index contributed by atoms with van der Waals surface area (Å²) in [5.41, 5.74) is 0.118. The lowest BCUT2D eigenvalue weighted by molar-refractivity contribution is 0.586. The minimum atomic E-state index is 0.118. The van der Waals surface area contributed by atoms with Crippen molar-refractivity contribution in [2.75, 3.05) is 12.4 Å². The zero-order chi connectivity index (χ0) is 8.48. The first kappa shape index (κ1) is 8.46. The fraction of sp³-hybridized carbons (Fsp3) is 0.714. The zero-order valence-electron chi connectivity index (χ0n) is 7.30. The summed E-state index contributed by atoms with van der Waals surface area (Å²) in [4.78, 5) is 4.30. The van der Waals surface area contributed by atoms with Gasteiger partial charge in [-0.2, -0.15) is 4.37 Å². The predicted molar refractivity (Wildman–Crippen MR) is 48.2 cm³/mol. The van der Waals surface area contributed by atoms with Gasteiger partial charge in [-0.3, -0.25) is 0 Å². The molecule has 0 aliphatic rings. The van der Waals surface area contributed by atoms with Crippen molar-refractivity contribution in [1.82, 2.24) is 9.36 Å². The Hall–Kier alpha value is -0.640. The fourth-order valence-corrected chi connectivity index (χ4v) is 1.34. The van der Waals surface area contributed by atoms with Crippen LogP contribution in [0.1, 0.15) is 25.8 Å².